The maximum Gasteiger partial charge on any atom is 0.573 e. The molecular formula is C29H24F5N5O3S. The molecule has 3 aromatic carbocycles. The summed E-state index contributed by atoms with van der Waals surface area (Å²) in [6, 6.07) is 17.8. The third-order valence-electron chi connectivity index (χ3n) is 6.73. The third-order valence-corrected chi connectivity index (χ3v) is 7.84. The number of hydrogen-bond donors (Lipinski definition) is 0. The van der Waals surface area contributed by atoms with Crippen molar-refractivity contribution in [2.75, 3.05) is 6.26 Å². The van der Waals surface area contributed by atoms with Crippen molar-refractivity contribution < 1.29 is 35.1 Å². The number of ether oxygens (including phenoxy) is 1. The molecule has 0 atom stereocenters. The number of benzene rings is 3. The Morgan fingerprint density at radius 2 is 1.53 bits per heavy atom. The molecule has 2 heterocycles. The minimum atomic E-state index is -4.86. The standard InChI is InChI=1S/C29H24F5N5O3S/c1-4-28(30,31)27-16-24(38(2)36-27)23-13-10-20(19-6-5-7-22(14-19)43(3,40)41)15-25(23)39-26(17-35-37-39)18-8-11-21(12-9-18)42-29(32,33)34/h5-17H,4H2,1-3H3. The van der Waals surface area contributed by atoms with Crippen molar-refractivity contribution in [1.29, 1.82) is 0 Å². The van der Waals surface area contributed by atoms with Crippen LogP contribution in [0, 0.1) is 0 Å². The summed E-state index contributed by atoms with van der Waals surface area (Å²) < 4.78 is 98.3. The van der Waals surface area contributed by atoms with E-state index in [0.717, 1.165) is 18.4 Å². The number of aromatic nitrogens is 5. The van der Waals surface area contributed by atoms with E-state index in [0.29, 0.717) is 39.3 Å². The van der Waals surface area contributed by atoms with Gasteiger partial charge >= 0.3 is 6.36 Å². The van der Waals surface area contributed by atoms with E-state index in [1.807, 2.05) is 0 Å². The van der Waals surface area contributed by atoms with E-state index in [-0.39, 0.29) is 4.90 Å². The Morgan fingerprint density at radius 1 is 0.860 bits per heavy atom. The summed E-state index contributed by atoms with van der Waals surface area (Å²) in [6.45, 7) is 1.35. The van der Waals surface area contributed by atoms with Crippen molar-refractivity contribution in [2.45, 2.75) is 30.5 Å². The van der Waals surface area contributed by atoms with Gasteiger partial charge in [-0.1, -0.05) is 36.4 Å². The van der Waals surface area contributed by atoms with Crippen LogP contribution in [0.3, 0.4) is 0 Å². The van der Waals surface area contributed by atoms with Crippen molar-refractivity contribution in [3.63, 3.8) is 0 Å². The van der Waals surface area contributed by atoms with E-state index in [4.69, 9.17) is 0 Å². The van der Waals surface area contributed by atoms with Gasteiger partial charge in [-0.25, -0.2) is 13.1 Å². The summed E-state index contributed by atoms with van der Waals surface area (Å²) in [7, 11) is -1.98. The lowest BCUT2D eigenvalue weighted by Crippen LogP contribution is -2.16. The van der Waals surface area contributed by atoms with Crippen LogP contribution in [-0.2, 0) is 22.8 Å². The molecule has 224 valence electrons. The molecule has 5 aromatic rings. The summed E-state index contributed by atoms with van der Waals surface area (Å²) >= 11 is 0. The zero-order chi connectivity index (χ0) is 31.2. The van der Waals surface area contributed by atoms with E-state index < -0.39 is 40.0 Å². The molecule has 0 aliphatic carbocycles. The molecule has 0 saturated heterocycles. The predicted molar refractivity (Wildman–Crippen MR) is 148 cm³/mol. The van der Waals surface area contributed by atoms with Crippen LogP contribution >= 0.6 is 0 Å². The number of halogens is 5. The summed E-state index contributed by atoms with van der Waals surface area (Å²) in [6.07, 6.45) is -2.81. The van der Waals surface area contributed by atoms with Gasteiger partial charge in [-0.2, -0.15) is 13.9 Å². The second kappa shape index (κ2) is 10.9. The van der Waals surface area contributed by atoms with Gasteiger partial charge in [0.1, 0.15) is 11.4 Å². The molecule has 0 aliphatic rings. The average Bonchev–Trinajstić information content (AvgIpc) is 3.59. The third kappa shape index (κ3) is 6.28. The van der Waals surface area contributed by atoms with Gasteiger partial charge < -0.3 is 4.74 Å². The largest absolute Gasteiger partial charge is 0.573 e. The molecular weight excluding hydrogens is 593 g/mol. The lowest BCUT2D eigenvalue weighted by atomic mass is 10.00. The monoisotopic (exact) mass is 617 g/mol. The van der Waals surface area contributed by atoms with E-state index in [9.17, 15) is 30.4 Å². The first-order valence-electron chi connectivity index (χ1n) is 12.8. The highest BCUT2D eigenvalue weighted by Crippen LogP contribution is 2.38. The number of aryl methyl sites for hydroxylation is 1. The first-order chi connectivity index (χ1) is 20.2. The van der Waals surface area contributed by atoms with Crippen LogP contribution in [0.1, 0.15) is 19.0 Å². The molecule has 0 radical (unpaired) electrons. The van der Waals surface area contributed by atoms with Crippen molar-refractivity contribution in [3.8, 4) is 45.1 Å². The zero-order valence-corrected chi connectivity index (χ0v) is 23.8. The van der Waals surface area contributed by atoms with Crippen LogP contribution in [0.2, 0.25) is 0 Å². The van der Waals surface area contributed by atoms with Crippen LogP contribution in [-0.4, -0.2) is 45.8 Å². The fraction of sp³-hybridized carbons (Fsp3) is 0.207. The second-order valence-corrected chi connectivity index (χ2v) is 11.7. The van der Waals surface area contributed by atoms with E-state index >= 15 is 0 Å². The van der Waals surface area contributed by atoms with Crippen LogP contribution < -0.4 is 4.74 Å². The number of hydrogen-bond acceptors (Lipinski definition) is 6. The van der Waals surface area contributed by atoms with Gasteiger partial charge in [0, 0.05) is 30.9 Å². The Balaban J connectivity index is 1.69. The van der Waals surface area contributed by atoms with Gasteiger partial charge in [0.15, 0.2) is 9.84 Å². The Morgan fingerprint density at radius 3 is 2.19 bits per heavy atom. The smallest absolute Gasteiger partial charge is 0.406 e. The van der Waals surface area contributed by atoms with Crippen molar-refractivity contribution in [1.82, 2.24) is 24.8 Å². The Labute approximate surface area is 243 Å². The lowest BCUT2D eigenvalue weighted by Gasteiger charge is -2.15. The highest BCUT2D eigenvalue weighted by Gasteiger charge is 2.34. The van der Waals surface area contributed by atoms with Crippen LogP contribution in [0.5, 0.6) is 5.75 Å². The highest BCUT2D eigenvalue weighted by atomic mass is 32.2. The normalized spacial score (nSPS) is 12.5. The average molecular weight is 618 g/mol. The minimum absolute atomic E-state index is 0.108. The molecule has 14 heteroatoms. The van der Waals surface area contributed by atoms with Gasteiger partial charge in [-0.15, -0.1) is 18.3 Å². The molecule has 8 nitrogen and oxygen atoms in total. The van der Waals surface area contributed by atoms with Crippen molar-refractivity contribution in [2.24, 2.45) is 7.05 Å². The number of nitrogens with zero attached hydrogens (tertiary/aromatic N) is 5. The fourth-order valence-electron chi connectivity index (χ4n) is 4.53. The summed E-state index contributed by atoms with van der Waals surface area (Å²) in [5.74, 6) is -3.58. The Hall–Kier alpha value is -4.59. The molecule has 0 bridgehead atoms. The molecule has 5 rings (SSSR count). The molecule has 0 unspecified atom stereocenters. The van der Waals surface area contributed by atoms with Crippen LogP contribution in [0.4, 0.5) is 22.0 Å². The summed E-state index contributed by atoms with van der Waals surface area (Å²) in [4.78, 5) is 0.108. The molecule has 0 spiro atoms. The van der Waals surface area contributed by atoms with E-state index in [2.05, 4.69) is 20.1 Å². The molecule has 2 aromatic heterocycles. The Kier molecular flexibility index (Phi) is 7.59. The van der Waals surface area contributed by atoms with Gasteiger partial charge in [0.05, 0.1) is 28.2 Å². The highest BCUT2D eigenvalue weighted by molar-refractivity contribution is 7.90. The molecule has 0 aliphatic heterocycles. The van der Waals surface area contributed by atoms with Crippen LogP contribution in [0.15, 0.2) is 83.9 Å². The van der Waals surface area contributed by atoms with E-state index in [1.165, 1.54) is 59.9 Å². The van der Waals surface area contributed by atoms with Gasteiger partial charge in [-0.05, 0) is 59.7 Å². The van der Waals surface area contributed by atoms with Gasteiger partial charge in [-0.3, -0.25) is 4.68 Å². The number of alkyl halides is 5. The number of sulfone groups is 1. The maximum absolute atomic E-state index is 14.6. The topological polar surface area (TPSA) is 91.9 Å². The molecule has 0 N–H and O–H groups in total. The molecule has 0 amide bonds. The zero-order valence-electron chi connectivity index (χ0n) is 23.0. The second-order valence-electron chi connectivity index (χ2n) is 9.73. The number of rotatable bonds is 8. The van der Waals surface area contributed by atoms with Gasteiger partial charge in [0.25, 0.3) is 5.92 Å². The van der Waals surface area contributed by atoms with Crippen LogP contribution in [0.25, 0.3) is 39.3 Å². The molecule has 43 heavy (non-hydrogen) atoms. The lowest BCUT2D eigenvalue weighted by molar-refractivity contribution is -0.274. The van der Waals surface area contributed by atoms with Crippen molar-refractivity contribution >= 4 is 9.84 Å². The maximum atomic E-state index is 14.6. The Bertz CT molecular complexity index is 1900. The SMILES string of the molecule is CCC(F)(F)c1cc(-c2ccc(-c3cccc(S(C)(=O)=O)c3)cc2-n2nncc2-c2ccc(OC(F)(F)F)cc2)n(C)n1. The quantitative estimate of drug-likeness (QED) is 0.178. The summed E-state index contributed by atoms with van der Waals surface area (Å²) in [5.41, 5.74) is 2.71. The van der Waals surface area contributed by atoms with Gasteiger partial charge in [0.2, 0.25) is 0 Å². The van der Waals surface area contributed by atoms with Crippen molar-refractivity contribution in [3.05, 3.63) is 84.7 Å². The summed E-state index contributed by atoms with van der Waals surface area (Å²) in [5, 5.41) is 12.2. The minimum Gasteiger partial charge on any atom is -0.406 e. The van der Waals surface area contributed by atoms with E-state index in [1.54, 1.807) is 30.3 Å². The first kappa shape index (κ1) is 29.9. The molecule has 0 saturated carbocycles. The fourth-order valence-corrected chi connectivity index (χ4v) is 5.19. The first-order valence-corrected chi connectivity index (χ1v) is 14.7. The molecule has 0 fully saturated rings. The predicted octanol–water partition coefficient (Wildman–Crippen LogP) is 6.81.